The van der Waals surface area contributed by atoms with Gasteiger partial charge in [0.15, 0.2) is 0 Å². The zero-order valence-corrected chi connectivity index (χ0v) is 13.3. The normalized spacial score (nSPS) is 16.0. The van der Waals surface area contributed by atoms with Gasteiger partial charge in [-0.15, -0.1) is 0 Å². The fraction of sp³-hybridized carbons (Fsp3) is 0.333. The van der Waals surface area contributed by atoms with Gasteiger partial charge in [-0.2, -0.15) is 0 Å². The maximum absolute atomic E-state index is 12.3. The van der Waals surface area contributed by atoms with Gasteiger partial charge in [0, 0.05) is 38.5 Å². The summed E-state index contributed by atoms with van der Waals surface area (Å²) in [5.74, 6) is 1.71. The number of piperidine rings is 1. The van der Waals surface area contributed by atoms with E-state index in [0.29, 0.717) is 5.76 Å². The Labute approximate surface area is 136 Å². The number of furan rings is 1. The van der Waals surface area contributed by atoms with E-state index in [1.165, 1.54) is 0 Å². The standard InChI is InChI=1S/C18H21N3O2/c1-20(18(22)8-7-16-5-4-14-23-16)15-9-12-21(13-10-15)17-6-2-3-11-19-17/h2-8,11,14-15H,9-10,12-13H2,1H3. The lowest BCUT2D eigenvalue weighted by molar-refractivity contribution is -0.127. The van der Waals surface area contributed by atoms with Crippen LogP contribution in [0.2, 0.25) is 0 Å². The van der Waals surface area contributed by atoms with E-state index < -0.39 is 0 Å². The van der Waals surface area contributed by atoms with Crippen molar-refractivity contribution in [2.24, 2.45) is 0 Å². The topological polar surface area (TPSA) is 49.6 Å². The average Bonchev–Trinajstić information content (AvgIpc) is 3.13. The fourth-order valence-corrected chi connectivity index (χ4v) is 2.86. The highest BCUT2D eigenvalue weighted by molar-refractivity contribution is 5.91. The lowest BCUT2D eigenvalue weighted by Crippen LogP contribution is -2.45. The van der Waals surface area contributed by atoms with Crippen LogP contribution in [0.15, 0.2) is 53.3 Å². The van der Waals surface area contributed by atoms with Gasteiger partial charge in [0.25, 0.3) is 0 Å². The van der Waals surface area contributed by atoms with Crippen LogP contribution in [0.1, 0.15) is 18.6 Å². The summed E-state index contributed by atoms with van der Waals surface area (Å²) in [4.78, 5) is 20.7. The quantitative estimate of drug-likeness (QED) is 0.815. The summed E-state index contributed by atoms with van der Waals surface area (Å²) in [5.41, 5.74) is 0. The number of anilines is 1. The van der Waals surface area contributed by atoms with Gasteiger partial charge in [-0.05, 0) is 43.2 Å². The van der Waals surface area contributed by atoms with E-state index in [9.17, 15) is 4.79 Å². The minimum absolute atomic E-state index is 0.0117. The van der Waals surface area contributed by atoms with E-state index in [4.69, 9.17) is 4.42 Å². The van der Waals surface area contributed by atoms with Crippen LogP contribution in [0.25, 0.3) is 6.08 Å². The number of hydrogen-bond donors (Lipinski definition) is 0. The monoisotopic (exact) mass is 311 g/mol. The molecule has 5 nitrogen and oxygen atoms in total. The van der Waals surface area contributed by atoms with Crippen molar-refractivity contribution in [1.82, 2.24) is 9.88 Å². The first-order valence-electron chi connectivity index (χ1n) is 7.88. The van der Waals surface area contributed by atoms with Crippen molar-refractivity contribution in [3.8, 4) is 0 Å². The molecule has 0 bridgehead atoms. The third-order valence-electron chi connectivity index (χ3n) is 4.27. The molecule has 120 valence electrons. The maximum Gasteiger partial charge on any atom is 0.246 e. The van der Waals surface area contributed by atoms with Crippen LogP contribution in [0, 0.1) is 0 Å². The van der Waals surface area contributed by atoms with Crippen molar-refractivity contribution in [2.75, 3.05) is 25.0 Å². The highest BCUT2D eigenvalue weighted by Gasteiger charge is 2.24. The Kier molecular flexibility index (Phi) is 4.76. The Morgan fingerprint density at radius 2 is 2.13 bits per heavy atom. The van der Waals surface area contributed by atoms with E-state index in [-0.39, 0.29) is 11.9 Å². The summed E-state index contributed by atoms with van der Waals surface area (Å²) in [6, 6.07) is 9.86. The van der Waals surface area contributed by atoms with Crippen molar-refractivity contribution >= 4 is 17.8 Å². The summed E-state index contributed by atoms with van der Waals surface area (Å²) < 4.78 is 5.20. The molecule has 1 saturated heterocycles. The molecule has 1 aliphatic rings. The Morgan fingerprint density at radius 3 is 2.78 bits per heavy atom. The molecule has 0 radical (unpaired) electrons. The van der Waals surface area contributed by atoms with E-state index in [1.54, 1.807) is 24.5 Å². The van der Waals surface area contributed by atoms with Crippen LogP contribution in [0.4, 0.5) is 5.82 Å². The molecule has 0 spiro atoms. The number of nitrogens with zero attached hydrogens (tertiary/aromatic N) is 3. The van der Waals surface area contributed by atoms with Gasteiger partial charge < -0.3 is 14.2 Å². The van der Waals surface area contributed by atoms with Crippen LogP contribution < -0.4 is 4.90 Å². The van der Waals surface area contributed by atoms with Crippen molar-refractivity contribution in [1.29, 1.82) is 0 Å². The zero-order chi connectivity index (χ0) is 16.1. The molecule has 2 aromatic heterocycles. The third kappa shape index (κ3) is 3.80. The average molecular weight is 311 g/mol. The number of rotatable bonds is 4. The molecular weight excluding hydrogens is 290 g/mol. The Hall–Kier alpha value is -2.56. The Balaban J connectivity index is 1.53. The summed E-state index contributed by atoms with van der Waals surface area (Å²) in [6.07, 6.45) is 8.60. The molecule has 23 heavy (non-hydrogen) atoms. The summed E-state index contributed by atoms with van der Waals surface area (Å²) >= 11 is 0. The van der Waals surface area contributed by atoms with Crippen molar-refractivity contribution in [3.05, 3.63) is 54.6 Å². The van der Waals surface area contributed by atoms with Gasteiger partial charge >= 0.3 is 0 Å². The first-order valence-corrected chi connectivity index (χ1v) is 7.88. The number of pyridine rings is 1. The molecular formula is C18H21N3O2. The van der Waals surface area contributed by atoms with Crippen molar-refractivity contribution < 1.29 is 9.21 Å². The van der Waals surface area contributed by atoms with E-state index >= 15 is 0 Å². The van der Waals surface area contributed by atoms with Gasteiger partial charge in [0.1, 0.15) is 11.6 Å². The molecule has 3 heterocycles. The fourth-order valence-electron chi connectivity index (χ4n) is 2.86. The number of carbonyl (C=O) groups is 1. The van der Waals surface area contributed by atoms with E-state index in [2.05, 4.69) is 9.88 Å². The maximum atomic E-state index is 12.3. The lowest BCUT2D eigenvalue weighted by Gasteiger charge is -2.36. The van der Waals surface area contributed by atoms with Crippen molar-refractivity contribution in [3.63, 3.8) is 0 Å². The molecule has 0 atom stereocenters. The second kappa shape index (κ2) is 7.13. The van der Waals surface area contributed by atoms with Crippen LogP contribution in [0.5, 0.6) is 0 Å². The largest absolute Gasteiger partial charge is 0.465 e. The van der Waals surface area contributed by atoms with E-state index in [1.807, 2.05) is 42.4 Å². The highest BCUT2D eigenvalue weighted by atomic mass is 16.3. The van der Waals surface area contributed by atoms with Gasteiger partial charge in [-0.1, -0.05) is 6.07 Å². The molecule has 0 unspecified atom stereocenters. The Morgan fingerprint density at radius 1 is 1.30 bits per heavy atom. The van der Waals surface area contributed by atoms with Gasteiger partial charge in [0.05, 0.1) is 6.26 Å². The minimum atomic E-state index is 0.0117. The van der Waals surface area contributed by atoms with Crippen LogP contribution >= 0.6 is 0 Å². The molecule has 1 aliphatic heterocycles. The van der Waals surface area contributed by atoms with Crippen LogP contribution in [-0.2, 0) is 4.79 Å². The molecule has 3 rings (SSSR count). The third-order valence-corrected chi connectivity index (χ3v) is 4.27. The van der Waals surface area contributed by atoms with Crippen LogP contribution in [-0.4, -0.2) is 42.0 Å². The predicted molar refractivity (Wildman–Crippen MR) is 90.0 cm³/mol. The molecule has 0 N–H and O–H groups in total. The smallest absolute Gasteiger partial charge is 0.246 e. The zero-order valence-electron chi connectivity index (χ0n) is 13.3. The first-order chi connectivity index (χ1) is 11.2. The number of hydrogen-bond acceptors (Lipinski definition) is 4. The number of likely N-dealkylation sites (N-methyl/N-ethyl adjacent to an activating group) is 1. The lowest BCUT2D eigenvalue weighted by atomic mass is 10.0. The molecule has 1 fully saturated rings. The molecule has 1 amide bonds. The summed E-state index contributed by atoms with van der Waals surface area (Å²) in [6.45, 7) is 1.84. The first kappa shape index (κ1) is 15.3. The predicted octanol–water partition coefficient (Wildman–Crippen LogP) is 2.82. The van der Waals surface area contributed by atoms with Crippen molar-refractivity contribution in [2.45, 2.75) is 18.9 Å². The summed E-state index contributed by atoms with van der Waals surface area (Å²) in [7, 11) is 1.87. The number of carbonyl (C=O) groups excluding carboxylic acids is 1. The number of aromatic nitrogens is 1. The number of amides is 1. The molecule has 0 aliphatic carbocycles. The SMILES string of the molecule is CN(C(=O)C=Cc1ccco1)C1CCN(c2ccccn2)CC1. The van der Waals surface area contributed by atoms with Gasteiger partial charge in [0.2, 0.25) is 5.91 Å². The molecule has 5 heteroatoms. The minimum Gasteiger partial charge on any atom is -0.465 e. The van der Waals surface area contributed by atoms with Gasteiger partial charge in [-0.3, -0.25) is 4.79 Å². The van der Waals surface area contributed by atoms with E-state index in [0.717, 1.165) is 31.7 Å². The molecule has 0 saturated carbocycles. The molecule has 2 aromatic rings. The Bertz CT molecular complexity index is 644. The van der Waals surface area contributed by atoms with Gasteiger partial charge in [-0.25, -0.2) is 4.98 Å². The second-order valence-corrected chi connectivity index (χ2v) is 5.70. The summed E-state index contributed by atoms with van der Waals surface area (Å²) in [5, 5.41) is 0. The second-order valence-electron chi connectivity index (χ2n) is 5.70. The van der Waals surface area contributed by atoms with Crippen LogP contribution in [0.3, 0.4) is 0 Å². The highest BCUT2D eigenvalue weighted by Crippen LogP contribution is 2.20. The molecule has 0 aromatic carbocycles.